The smallest absolute Gasteiger partial charge is 0.394 e. The summed E-state index contributed by atoms with van der Waals surface area (Å²) in [5, 5.41) is 38.9. The second-order valence-corrected chi connectivity index (χ2v) is 17.1. The third kappa shape index (κ3) is 21.3. The van der Waals surface area contributed by atoms with Crippen LogP contribution in [0.2, 0.25) is 0 Å². The predicted octanol–water partition coefficient (Wildman–Crippen LogP) is 8.92. The number of phosphoric ester groups is 1. The normalized spacial score (nSPS) is 26.1. The number of hydrogen-bond donors (Lipinski definition) is 5. The molecule has 5 N–H and O–H groups in total. The second-order valence-electron chi connectivity index (χ2n) is 15.7. The highest BCUT2D eigenvalue weighted by Gasteiger charge is 2.46. The molecule has 1 rings (SSSR count). The minimum Gasteiger partial charge on any atom is -0.394 e. The Morgan fingerprint density at radius 3 is 1.40 bits per heavy atom. The molecule has 0 aromatic rings. The zero-order chi connectivity index (χ0) is 36.0. The fraction of sp³-hybridized carbons (Fsp3) is 1.00. The Kier molecular flexibility index (Phi) is 25.5. The number of ether oxygens (including phenoxy) is 1. The lowest BCUT2D eigenvalue weighted by molar-refractivity contribution is -0.281. The molecule has 0 bridgehead atoms. The van der Waals surface area contributed by atoms with E-state index < -0.39 is 45.1 Å². The number of aliphatic hydroxyl groups is 4. The van der Waals surface area contributed by atoms with E-state index in [1.807, 2.05) is 0 Å². The van der Waals surface area contributed by atoms with Crippen molar-refractivity contribution in [2.75, 3.05) is 13.2 Å². The molecule has 9 nitrogen and oxygen atoms in total. The Morgan fingerprint density at radius 1 is 0.583 bits per heavy atom. The average molecular weight is 709 g/mol. The fourth-order valence-electron chi connectivity index (χ4n) is 7.00. The first kappa shape index (κ1) is 45.9. The van der Waals surface area contributed by atoms with Gasteiger partial charge >= 0.3 is 7.82 Å². The van der Waals surface area contributed by atoms with Crippen LogP contribution in [0.3, 0.4) is 0 Å². The van der Waals surface area contributed by atoms with Crippen molar-refractivity contribution in [1.82, 2.24) is 0 Å². The maximum Gasteiger partial charge on any atom is 0.474 e. The van der Waals surface area contributed by atoms with Crippen LogP contribution >= 0.6 is 7.82 Å². The van der Waals surface area contributed by atoms with Crippen molar-refractivity contribution < 1.29 is 43.7 Å². The van der Waals surface area contributed by atoms with Crippen molar-refractivity contribution >= 4 is 7.82 Å². The molecular weight excluding hydrogens is 631 g/mol. The van der Waals surface area contributed by atoms with Gasteiger partial charge in [-0.15, -0.1) is 0 Å². The zero-order valence-corrected chi connectivity index (χ0v) is 32.5. The fourth-order valence-corrected chi connectivity index (χ4v) is 7.86. The van der Waals surface area contributed by atoms with Gasteiger partial charge in [-0.2, -0.15) is 0 Å². The lowest BCUT2D eigenvalue weighted by Crippen LogP contribution is -2.58. The summed E-state index contributed by atoms with van der Waals surface area (Å²) in [5.74, 6) is 3.77. The van der Waals surface area contributed by atoms with Gasteiger partial charge in [0.1, 0.15) is 24.4 Å². The van der Waals surface area contributed by atoms with Crippen LogP contribution in [-0.4, -0.2) is 69.2 Å². The Labute approximate surface area is 294 Å². The number of aliphatic hydroxyl groups excluding tert-OH is 4. The van der Waals surface area contributed by atoms with Gasteiger partial charge < -0.3 is 30.1 Å². The highest BCUT2D eigenvalue weighted by molar-refractivity contribution is 7.47. The van der Waals surface area contributed by atoms with Crippen LogP contribution in [0.25, 0.3) is 0 Å². The molecule has 1 aliphatic rings. The highest BCUT2D eigenvalue weighted by atomic mass is 31.2. The first-order valence-electron chi connectivity index (χ1n) is 19.8. The molecule has 11 atom stereocenters. The average Bonchev–Trinajstić information content (AvgIpc) is 3.03. The molecule has 0 amide bonds. The summed E-state index contributed by atoms with van der Waals surface area (Å²) in [6, 6.07) is 0. The van der Waals surface area contributed by atoms with E-state index >= 15 is 0 Å². The summed E-state index contributed by atoms with van der Waals surface area (Å²) in [4.78, 5) is 10.0. The van der Waals surface area contributed by atoms with Crippen LogP contribution < -0.4 is 0 Å². The molecular formula is C38H77O9P. The van der Waals surface area contributed by atoms with Crippen LogP contribution in [0.15, 0.2) is 0 Å². The van der Waals surface area contributed by atoms with Crippen molar-refractivity contribution in [1.29, 1.82) is 0 Å². The molecule has 0 radical (unpaired) electrons. The van der Waals surface area contributed by atoms with Gasteiger partial charge in [0.05, 0.1) is 13.2 Å². The van der Waals surface area contributed by atoms with Gasteiger partial charge in [0, 0.05) is 0 Å². The third-order valence-corrected chi connectivity index (χ3v) is 11.5. The Morgan fingerprint density at radius 2 is 0.979 bits per heavy atom. The Bertz CT molecular complexity index is 815. The molecule has 1 unspecified atom stereocenters. The van der Waals surface area contributed by atoms with Gasteiger partial charge in [-0.1, -0.05) is 157 Å². The molecule has 48 heavy (non-hydrogen) atoms. The second kappa shape index (κ2) is 26.7. The standard InChI is InChI=1S/C38H77O9P/c1-7-8-9-10-11-17-29(2)18-12-19-30(3)20-13-21-31(4)22-14-23-32(5)24-15-25-33(6)26-16-27-45-48(43,44)47-38-37(42)36(41)35(40)34(28-39)46-38/h29-42H,7-28H2,1-6H3,(H,43,44)/t29-,30-,31-,32-,33-,34+,35+,36-,37-,38+/m0/s1. The van der Waals surface area contributed by atoms with Crippen LogP contribution in [0.4, 0.5) is 0 Å². The van der Waals surface area contributed by atoms with Crippen molar-refractivity contribution in [3.8, 4) is 0 Å². The Hall–Kier alpha value is -0.0900. The molecule has 0 saturated carbocycles. The van der Waals surface area contributed by atoms with E-state index in [2.05, 4.69) is 41.5 Å². The molecule has 0 aliphatic carbocycles. The van der Waals surface area contributed by atoms with Gasteiger partial charge in [0.15, 0.2) is 6.29 Å². The highest BCUT2D eigenvalue weighted by Crippen LogP contribution is 2.46. The van der Waals surface area contributed by atoms with E-state index in [0.717, 1.165) is 36.5 Å². The minimum absolute atomic E-state index is 0.00161. The van der Waals surface area contributed by atoms with E-state index in [-0.39, 0.29) is 6.61 Å². The Balaban J connectivity index is 2.06. The van der Waals surface area contributed by atoms with Crippen molar-refractivity contribution in [2.45, 2.75) is 201 Å². The molecule has 0 aromatic carbocycles. The van der Waals surface area contributed by atoms with Crippen LogP contribution in [0.5, 0.6) is 0 Å². The molecule has 1 aliphatic heterocycles. The number of rotatable bonds is 30. The maximum atomic E-state index is 12.3. The minimum atomic E-state index is -4.58. The molecule has 0 aromatic heterocycles. The SMILES string of the molecule is CCCCCCC[C@H](C)CCC[C@H](C)CCC[C@H](C)CCC[C@H](C)CCC[C@H](C)CCCOP(=O)(O)O[C@H]1O[C@H](CO)[C@@H](O)[C@H](O)[C@@H]1O. The van der Waals surface area contributed by atoms with Gasteiger partial charge in [-0.25, -0.2) is 4.57 Å². The summed E-state index contributed by atoms with van der Waals surface area (Å²) in [5.41, 5.74) is 0. The van der Waals surface area contributed by atoms with Crippen molar-refractivity contribution in [3.05, 3.63) is 0 Å². The van der Waals surface area contributed by atoms with Crippen LogP contribution in [0, 0.1) is 29.6 Å². The summed E-state index contributed by atoms with van der Waals surface area (Å²) in [6.07, 6.45) is 17.6. The van der Waals surface area contributed by atoms with E-state index in [1.54, 1.807) is 0 Å². The van der Waals surface area contributed by atoms with Gasteiger partial charge in [0.2, 0.25) is 0 Å². The first-order chi connectivity index (χ1) is 22.8. The van der Waals surface area contributed by atoms with Crippen LogP contribution in [0.1, 0.15) is 170 Å². The number of unbranched alkanes of at least 4 members (excludes halogenated alkanes) is 4. The van der Waals surface area contributed by atoms with Gasteiger partial charge in [-0.3, -0.25) is 9.05 Å². The van der Waals surface area contributed by atoms with E-state index in [9.17, 15) is 29.9 Å². The van der Waals surface area contributed by atoms with E-state index in [4.69, 9.17) is 13.8 Å². The summed E-state index contributed by atoms with van der Waals surface area (Å²) in [7, 11) is -4.58. The summed E-state index contributed by atoms with van der Waals surface area (Å²) < 4.78 is 27.4. The molecule has 1 saturated heterocycles. The summed E-state index contributed by atoms with van der Waals surface area (Å²) in [6.45, 7) is 13.5. The topological polar surface area (TPSA) is 146 Å². The first-order valence-corrected chi connectivity index (χ1v) is 21.2. The monoisotopic (exact) mass is 709 g/mol. The molecule has 1 fully saturated rings. The summed E-state index contributed by atoms with van der Waals surface area (Å²) >= 11 is 0. The molecule has 0 spiro atoms. The lowest BCUT2D eigenvalue weighted by Gasteiger charge is -2.39. The number of phosphoric acid groups is 1. The van der Waals surface area contributed by atoms with E-state index in [1.165, 1.54) is 109 Å². The van der Waals surface area contributed by atoms with Crippen molar-refractivity contribution in [2.24, 2.45) is 29.6 Å². The lowest BCUT2D eigenvalue weighted by atomic mass is 9.89. The largest absolute Gasteiger partial charge is 0.474 e. The third-order valence-electron chi connectivity index (χ3n) is 10.6. The quantitative estimate of drug-likeness (QED) is 0.0365. The number of hydrogen-bond acceptors (Lipinski definition) is 8. The van der Waals surface area contributed by atoms with Crippen molar-refractivity contribution in [3.63, 3.8) is 0 Å². The van der Waals surface area contributed by atoms with E-state index in [0.29, 0.717) is 12.3 Å². The molecule has 10 heteroatoms. The zero-order valence-electron chi connectivity index (χ0n) is 31.6. The maximum absolute atomic E-state index is 12.3. The van der Waals surface area contributed by atoms with Gasteiger partial charge in [-0.05, 0) is 42.4 Å². The molecule has 1 heterocycles. The van der Waals surface area contributed by atoms with Gasteiger partial charge in [0.25, 0.3) is 0 Å². The van der Waals surface area contributed by atoms with Crippen LogP contribution in [-0.2, 0) is 18.3 Å². The predicted molar refractivity (Wildman–Crippen MR) is 194 cm³/mol. The molecule has 288 valence electrons.